The molecule has 0 spiro atoms. The van der Waals surface area contributed by atoms with Gasteiger partial charge in [-0.2, -0.15) is 4.31 Å². The molecule has 1 aliphatic heterocycles. The molecule has 1 atom stereocenters. The van der Waals surface area contributed by atoms with Gasteiger partial charge in [0.15, 0.2) is 0 Å². The van der Waals surface area contributed by atoms with E-state index in [4.69, 9.17) is 0 Å². The molecule has 0 bridgehead atoms. The number of rotatable bonds is 5. The first kappa shape index (κ1) is 19.6. The van der Waals surface area contributed by atoms with E-state index in [1.807, 2.05) is 44.2 Å². The van der Waals surface area contributed by atoms with Crippen LogP contribution in [0.3, 0.4) is 0 Å². The quantitative estimate of drug-likeness (QED) is 0.794. The Bertz CT molecular complexity index is 859. The highest BCUT2D eigenvalue weighted by Crippen LogP contribution is 2.27. The molecule has 0 aliphatic carbocycles. The Morgan fingerprint density at radius 3 is 1.89 bits per heavy atom. The lowest BCUT2D eigenvalue weighted by atomic mass is 9.87. The van der Waals surface area contributed by atoms with Crippen LogP contribution in [0, 0.1) is 5.92 Å². The van der Waals surface area contributed by atoms with Crippen molar-refractivity contribution in [3.05, 3.63) is 66.2 Å². The molecular weight excluding hydrogens is 360 g/mol. The molecule has 1 unspecified atom stereocenters. The van der Waals surface area contributed by atoms with Crippen LogP contribution >= 0.6 is 0 Å². The minimum atomic E-state index is -3.50. The summed E-state index contributed by atoms with van der Waals surface area (Å²) in [6, 6.07) is 18.3. The third-order valence-corrected chi connectivity index (χ3v) is 6.94. The van der Waals surface area contributed by atoms with Crippen molar-refractivity contribution in [1.82, 2.24) is 9.21 Å². The van der Waals surface area contributed by atoms with Gasteiger partial charge in [0.2, 0.25) is 15.9 Å². The number of carbonyl (C=O) groups is 1. The predicted octanol–water partition coefficient (Wildman–Crippen LogP) is 2.96. The maximum Gasteiger partial charge on any atom is 0.243 e. The highest BCUT2D eigenvalue weighted by atomic mass is 32.2. The molecule has 2 aromatic rings. The summed E-state index contributed by atoms with van der Waals surface area (Å²) in [5.41, 5.74) is 1.01. The van der Waals surface area contributed by atoms with E-state index in [2.05, 4.69) is 0 Å². The van der Waals surface area contributed by atoms with Crippen LogP contribution in [0.15, 0.2) is 65.6 Å². The van der Waals surface area contributed by atoms with Crippen molar-refractivity contribution in [2.24, 2.45) is 5.92 Å². The van der Waals surface area contributed by atoms with Crippen molar-refractivity contribution >= 4 is 15.9 Å². The van der Waals surface area contributed by atoms with Crippen LogP contribution < -0.4 is 0 Å². The minimum absolute atomic E-state index is 0.0768. The third kappa shape index (κ3) is 4.22. The van der Waals surface area contributed by atoms with E-state index in [1.165, 1.54) is 4.31 Å². The summed E-state index contributed by atoms with van der Waals surface area (Å²) in [5, 5.41) is 0. The van der Waals surface area contributed by atoms with Crippen molar-refractivity contribution < 1.29 is 13.2 Å². The number of benzene rings is 2. The maximum absolute atomic E-state index is 13.1. The first-order valence-corrected chi connectivity index (χ1v) is 10.7. The van der Waals surface area contributed by atoms with Gasteiger partial charge in [-0.15, -0.1) is 0 Å². The zero-order chi connectivity index (χ0) is 19.4. The average Bonchev–Trinajstić information content (AvgIpc) is 2.69. The van der Waals surface area contributed by atoms with Gasteiger partial charge in [0.1, 0.15) is 0 Å². The van der Waals surface area contributed by atoms with E-state index in [-0.39, 0.29) is 17.7 Å². The number of amides is 1. The standard InChI is InChI=1S/C21H26N2O3S/c1-17(2)20(18-9-5-3-6-10-18)21(24)22-13-15-23(16-14-22)27(25,26)19-11-7-4-8-12-19/h3-12,17,20H,13-16H2,1-2H3. The molecule has 0 radical (unpaired) electrons. The number of sulfonamides is 1. The molecule has 1 heterocycles. The Labute approximate surface area is 161 Å². The zero-order valence-corrected chi connectivity index (χ0v) is 16.6. The van der Waals surface area contributed by atoms with Crippen LogP contribution in [0.1, 0.15) is 25.3 Å². The fraction of sp³-hybridized carbons (Fsp3) is 0.381. The summed E-state index contributed by atoms with van der Waals surface area (Å²) < 4.78 is 27.0. The molecule has 0 aromatic heterocycles. The van der Waals surface area contributed by atoms with E-state index < -0.39 is 10.0 Å². The van der Waals surface area contributed by atoms with Crippen LogP contribution in [-0.2, 0) is 14.8 Å². The molecule has 3 rings (SSSR count). The second-order valence-corrected chi connectivity index (χ2v) is 9.11. The number of carbonyl (C=O) groups excluding carboxylic acids is 1. The Kier molecular flexibility index (Phi) is 5.97. The predicted molar refractivity (Wildman–Crippen MR) is 106 cm³/mol. The lowest BCUT2D eigenvalue weighted by Crippen LogP contribution is -2.52. The van der Waals surface area contributed by atoms with Crippen LogP contribution in [0.25, 0.3) is 0 Å². The van der Waals surface area contributed by atoms with Gasteiger partial charge in [0.25, 0.3) is 0 Å². The molecule has 1 aliphatic rings. The van der Waals surface area contributed by atoms with Gasteiger partial charge in [0.05, 0.1) is 10.8 Å². The second-order valence-electron chi connectivity index (χ2n) is 7.17. The van der Waals surface area contributed by atoms with E-state index in [9.17, 15) is 13.2 Å². The minimum Gasteiger partial charge on any atom is -0.340 e. The summed E-state index contributed by atoms with van der Waals surface area (Å²) in [4.78, 5) is 15.2. The molecule has 1 amide bonds. The van der Waals surface area contributed by atoms with E-state index >= 15 is 0 Å². The molecule has 27 heavy (non-hydrogen) atoms. The molecule has 1 fully saturated rings. The Morgan fingerprint density at radius 1 is 0.852 bits per heavy atom. The fourth-order valence-corrected chi connectivity index (χ4v) is 5.00. The molecule has 1 saturated heterocycles. The summed E-state index contributed by atoms with van der Waals surface area (Å²) in [6.07, 6.45) is 0. The number of hydrogen-bond acceptors (Lipinski definition) is 3. The molecule has 2 aromatic carbocycles. The lowest BCUT2D eigenvalue weighted by Gasteiger charge is -2.36. The number of nitrogens with zero attached hydrogens (tertiary/aromatic N) is 2. The van der Waals surface area contributed by atoms with Crippen LogP contribution in [0.5, 0.6) is 0 Å². The van der Waals surface area contributed by atoms with Crippen molar-refractivity contribution in [3.63, 3.8) is 0 Å². The van der Waals surface area contributed by atoms with Crippen LogP contribution in [-0.4, -0.2) is 49.7 Å². The van der Waals surface area contributed by atoms with Crippen molar-refractivity contribution in [2.45, 2.75) is 24.7 Å². The third-order valence-electron chi connectivity index (χ3n) is 5.02. The van der Waals surface area contributed by atoms with Crippen molar-refractivity contribution in [2.75, 3.05) is 26.2 Å². The topological polar surface area (TPSA) is 57.7 Å². The first-order chi connectivity index (χ1) is 12.9. The normalized spacial score (nSPS) is 17.1. The van der Waals surface area contributed by atoms with E-state index in [0.29, 0.717) is 31.1 Å². The monoisotopic (exact) mass is 386 g/mol. The molecular formula is C21H26N2O3S. The number of hydrogen-bond donors (Lipinski definition) is 0. The Hall–Kier alpha value is -2.18. The van der Waals surface area contributed by atoms with Gasteiger partial charge in [-0.25, -0.2) is 8.42 Å². The molecule has 5 nitrogen and oxygen atoms in total. The molecule has 0 N–H and O–H groups in total. The lowest BCUT2D eigenvalue weighted by molar-refractivity contribution is -0.135. The Morgan fingerprint density at radius 2 is 1.37 bits per heavy atom. The smallest absolute Gasteiger partial charge is 0.243 e. The Balaban J connectivity index is 1.70. The molecule has 6 heteroatoms. The largest absolute Gasteiger partial charge is 0.340 e. The first-order valence-electron chi connectivity index (χ1n) is 9.30. The second kappa shape index (κ2) is 8.23. The summed E-state index contributed by atoms with van der Waals surface area (Å²) in [6.45, 7) is 5.57. The van der Waals surface area contributed by atoms with Gasteiger partial charge in [-0.05, 0) is 23.6 Å². The summed E-state index contributed by atoms with van der Waals surface area (Å²) in [5.74, 6) is 0.0439. The van der Waals surface area contributed by atoms with Gasteiger partial charge >= 0.3 is 0 Å². The van der Waals surface area contributed by atoms with Crippen LogP contribution in [0.4, 0.5) is 0 Å². The van der Waals surface area contributed by atoms with Gasteiger partial charge in [0, 0.05) is 26.2 Å². The van der Waals surface area contributed by atoms with Gasteiger partial charge < -0.3 is 4.90 Å². The van der Waals surface area contributed by atoms with Crippen LogP contribution in [0.2, 0.25) is 0 Å². The number of piperazine rings is 1. The van der Waals surface area contributed by atoms with E-state index in [1.54, 1.807) is 35.2 Å². The van der Waals surface area contributed by atoms with Gasteiger partial charge in [-0.1, -0.05) is 62.4 Å². The molecule has 0 saturated carbocycles. The molecule has 144 valence electrons. The highest BCUT2D eigenvalue weighted by molar-refractivity contribution is 7.89. The summed E-state index contributed by atoms with van der Waals surface area (Å²) >= 11 is 0. The highest BCUT2D eigenvalue weighted by Gasteiger charge is 2.34. The van der Waals surface area contributed by atoms with Crippen molar-refractivity contribution in [3.8, 4) is 0 Å². The van der Waals surface area contributed by atoms with Gasteiger partial charge in [-0.3, -0.25) is 4.79 Å². The fourth-order valence-electron chi connectivity index (χ4n) is 3.56. The summed E-state index contributed by atoms with van der Waals surface area (Å²) in [7, 11) is -3.50. The van der Waals surface area contributed by atoms with Crippen molar-refractivity contribution in [1.29, 1.82) is 0 Å². The SMILES string of the molecule is CC(C)C(C(=O)N1CCN(S(=O)(=O)c2ccccc2)CC1)c1ccccc1. The average molecular weight is 387 g/mol. The van der Waals surface area contributed by atoms with E-state index in [0.717, 1.165) is 5.56 Å². The maximum atomic E-state index is 13.1. The zero-order valence-electron chi connectivity index (χ0n) is 15.8.